The largest absolute Gasteiger partial charge is 0.497 e. The molecule has 1 rings (SSSR count). The van der Waals surface area contributed by atoms with Gasteiger partial charge in [-0.15, -0.1) is 0 Å². The normalized spacial score (nSPS) is 13.2. The molecular weight excluding hydrogens is 308 g/mol. The van der Waals surface area contributed by atoms with Gasteiger partial charge in [0.1, 0.15) is 5.75 Å². The number of hydrogen-bond acceptors (Lipinski definition) is 4. The van der Waals surface area contributed by atoms with Crippen LogP contribution in [-0.2, 0) is 14.8 Å². The predicted molar refractivity (Wildman–Crippen MR) is 70.0 cm³/mol. The number of carboxylic acid groups (broad SMARTS) is 1. The highest BCUT2D eigenvalue weighted by atomic mass is 32.2. The molecule has 9 heteroatoms. The lowest BCUT2D eigenvalue weighted by molar-refractivity contribution is -0.137. The number of aliphatic carboxylic acids is 1. The van der Waals surface area contributed by atoms with E-state index >= 15 is 0 Å². The van der Waals surface area contributed by atoms with E-state index in [1.54, 1.807) is 0 Å². The van der Waals surface area contributed by atoms with Gasteiger partial charge in [-0.25, -0.2) is 21.9 Å². The molecule has 0 heterocycles. The Morgan fingerprint density at radius 3 is 2.52 bits per heavy atom. The summed E-state index contributed by atoms with van der Waals surface area (Å²) in [6.45, 7) is 1.33. The Morgan fingerprint density at radius 1 is 1.43 bits per heavy atom. The molecule has 2 N–H and O–H groups in total. The maximum absolute atomic E-state index is 13.0. The summed E-state index contributed by atoms with van der Waals surface area (Å²) in [4.78, 5) is 9.92. The fourth-order valence-electron chi connectivity index (χ4n) is 1.70. The van der Waals surface area contributed by atoms with Crippen molar-refractivity contribution in [3.8, 4) is 5.75 Å². The second-order valence-electron chi connectivity index (χ2n) is 4.32. The summed E-state index contributed by atoms with van der Waals surface area (Å²) in [7, 11) is -2.98. The van der Waals surface area contributed by atoms with Gasteiger partial charge >= 0.3 is 5.97 Å². The van der Waals surface area contributed by atoms with Crippen molar-refractivity contribution in [3.05, 3.63) is 23.8 Å². The van der Waals surface area contributed by atoms with Gasteiger partial charge in [-0.2, -0.15) is 0 Å². The van der Waals surface area contributed by atoms with Gasteiger partial charge in [-0.3, -0.25) is 4.79 Å². The zero-order valence-corrected chi connectivity index (χ0v) is 12.2. The Hall–Kier alpha value is -1.74. The topological polar surface area (TPSA) is 92.7 Å². The quantitative estimate of drug-likeness (QED) is 0.798. The first-order valence-corrected chi connectivity index (χ1v) is 7.36. The van der Waals surface area contributed by atoms with Gasteiger partial charge in [0.05, 0.1) is 18.4 Å². The average Bonchev–Trinajstić information content (AvgIpc) is 2.36. The van der Waals surface area contributed by atoms with Crippen LogP contribution >= 0.6 is 0 Å². The third-order valence-corrected chi connectivity index (χ3v) is 4.24. The summed E-state index contributed by atoms with van der Waals surface area (Å²) in [5.41, 5.74) is -0.704. The van der Waals surface area contributed by atoms with E-state index in [4.69, 9.17) is 9.84 Å². The van der Waals surface area contributed by atoms with Crippen molar-refractivity contribution in [2.75, 3.05) is 7.11 Å². The molecule has 118 valence electrons. The molecule has 0 saturated heterocycles. The molecule has 1 aromatic rings. The van der Waals surface area contributed by atoms with E-state index in [0.29, 0.717) is 0 Å². The Morgan fingerprint density at radius 2 is 2.05 bits per heavy atom. The lowest BCUT2D eigenvalue weighted by atomic mass is 10.2. The predicted octanol–water partition coefficient (Wildman–Crippen LogP) is 1.77. The smallest absolute Gasteiger partial charge is 0.304 e. The first-order valence-electron chi connectivity index (χ1n) is 5.87. The number of carboxylic acids is 1. The van der Waals surface area contributed by atoms with E-state index in [9.17, 15) is 22.0 Å². The summed E-state index contributed by atoms with van der Waals surface area (Å²) < 4.78 is 56.9. The molecule has 0 aromatic heterocycles. The Balaban J connectivity index is 3.16. The summed E-state index contributed by atoms with van der Waals surface area (Å²) in [6.07, 6.45) is -3.47. The Bertz CT molecular complexity index is 618. The van der Waals surface area contributed by atoms with Crippen LogP contribution in [0.2, 0.25) is 0 Å². The lowest BCUT2D eigenvalue weighted by Gasteiger charge is -2.15. The minimum atomic E-state index is -4.25. The molecule has 0 spiro atoms. The van der Waals surface area contributed by atoms with Gasteiger partial charge in [0.2, 0.25) is 10.0 Å². The first kappa shape index (κ1) is 17.3. The Labute approximate surface area is 120 Å². The van der Waals surface area contributed by atoms with Crippen LogP contribution in [0.1, 0.15) is 25.3 Å². The van der Waals surface area contributed by atoms with Crippen LogP contribution in [0.15, 0.2) is 23.1 Å². The third-order valence-electron chi connectivity index (χ3n) is 2.58. The van der Waals surface area contributed by atoms with E-state index in [1.807, 2.05) is 0 Å². The number of carbonyl (C=O) groups is 1. The number of nitrogens with one attached hydrogen (secondary N) is 1. The number of rotatable bonds is 7. The van der Waals surface area contributed by atoms with Crippen LogP contribution in [0.3, 0.4) is 0 Å². The molecule has 1 aromatic carbocycles. The summed E-state index contributed by atoms with van der Waals surface area (Å²) in [6, 6.07) is 2.24. The molecule has 0 fully saturated rings. The van der Waals surface area contributed by atoms with Gasteiger partial charge in [-0.1, -0.05) is 0 Å². The molecule has 21 heavy (non-hydrogen) atoms. The van der Waals surface area contributed by atoms with Gasteiger partial charge in [0.15, 0.2) is 0 Å². The number of ether oxygens (including phenoxy) is 1. The van der Waals surface area contributed by atoms with E-state index in [1.165, 1.54) is 20.1 Å². The van der Waals surface area contributed by atoms with Gasteiger partial charge < -0.3 is 9.84 Å². The van der Waals surface area contributed by atoms with Crippen molar-refractivity contribution in [1.29, 1.82) is 0 Å². The van der Waals surface area contributed by atoms with Crippen molar-refractivity contribution in [2.24, 2.45) is 0 Å². The zero-order chi connectivity index (χ0) is 16.2. The van der Waals surface area contributed by atoms with Crippen molar-refractivity contribution in [3.63, 3.8) is 0 Å². The average molecular weight is 323 g/mol. The first-order chi connectivity index (χ1) is 9.67. The van der Waals surface area contributed by atoms with Gasteiger partial charge in [-0.05, 0) is 25.1 Å². The second kappa shape index (κ2) is 6.81. The highest BCUT2D eigenvalue weighted by molar-refractivity contribution is 7.89. The number of sulfonamides is 1. The van der Waals surface area contributed by atoms with Crippen molar-refractivity contribution < 1.29 is 31.8 Å². The highest BCUT2D eigenvalue weighted by Gasteiger charge is 2.26. The summed E-state index contributed by atoms with van der Waals surface area (Å²) in [5, 5.41) is 8.59. The van der Waals surface area contributed by atoms with E-state index in [2.05, 4.69) is 4.72 Å². The SMILES string of the molecule is COc1ccc(S(=O)(=O)N[C@H](C)CC(=O)O)c(C(F)F)c1. The number of hydrogen-bond donors (Lipinski definition) is 2. The molecule has 0 radical (unpaired) electrons. The van der Waals surface area contributed by atoms with Crippen LogP contribution in [0.5, 0.6) is 5.75 Å². The minimum Gasteiger partial charge on any atom is -0.497 e. The fourth-order valence-corrected chi connectivity index (χ4v) is 3.15. The fraction of sp³-hybridized carbons (Fsp3) is 0.417. The molecule has 0 amide bonds. The van der Waals surface area contributed by atoms with Crippen LogP contribution in [0, 0.1) is 0 Å². The molecule has 0 saturated carbocycles. The molecule has 0 aliphatic rings. The number of benzene rings is 1. The third kappa shape index (κ3) is 4.64. The van der Waals surface area contributed by atoms with Crippen molar-refractivity contribution in [2.45, 2.75) is 30.7 Å². The maximum atomic E-state index is 13.0. The monoisotopic (exact) mass is 323 g/mol. The lowest BCUT2D eigenvalue weighted by Crippen LogP contribution is -2.34. The van der Waals surface area contributed by atoms with Crippen LogP contribution < -0.4 is 9.46 Å². The number of methoxy groups -OCH3 is 1. The van der Waals surface area contributed by atoms with Crippen LogP contribution in [0.25, 0.3) is 0 Å². The maximum Gasteiger partial charge on any atom is 0.304 e. The van der Waals surface area contributed by atoms with Gasteiger partial charge in [0.25, 0.3) is 6.43 Å². The molecule has 0 aliphatic carbocycles. The summed E-state index contributed by atoms with van der Waals surface area (Å²) >= 11 is 0. The van der Waals surface area contributed by atoms with Crippen LogP contribution in [0.4, 0.5) is 8.78 Å². The molecule has 6 nitrogen and oxygen atoms in total. The molecule has 1 atom stereocenters. The summed E-state index contributed by atoms with van der Waals surface area (Å²) in [5.74, 6) is -1.10. The molecule has 0 bridgehead atoms. The van der Waals surface area contributed by atoms with Crippen LogP contribution in [-0.4, -0.2) is 32.6 Å². The number of alkyl halides is 2. The van der Waals surface area contributed by atoms with E-state index in [-0.39, 0.29) is 5.75 Å². The zero-order valence-electron chi connectivity index (χ0n) is 11.3. The number of halogens is 2. The Kier molecular flexibility index (Phi) is 5.62. The van der Waals surface area contributed by atoms with E-state index in [0.717, 1.165) is 12.1 Å². The molecule has 0 aliphatic heterocycles. The molecule has 0 unspecified atom stereocenters. The second-order valence-corrected chi connectivity index (χ2v) is 6.01. The van der Waals surface area contributed by atoms with E-state index < -0.39 is 45.3 Å². The molecular formula is C12H15F2NO5S. The van der Waals surface area contributed by atoms with Crippen molar-refractivity contribution >= 4 is 16.0 Å². The van der Waals surface area contributed by atoms with Crippen molar-refractivity contribution in [1.82, 2.24) is 4.72 Å². The standard InChI is InChI=1S/C12H15F2NO5S/c1-7(5-11(16)17)15-21(18,19)10-4-3-8(20-2)6-9(10)12(13)14/h3-4,6-7,12,15H,5H2,1-2H3,(H,16,17)/t7-/m1/s1. The van der Waals surface area contributed by atoms with Gasteiger partial charge in [0, 0.05) is 11.6 Å². The minimum absolute atomic E-state index is 0.0998. The highest BCUT2D eigenvalue weighted by Crippen LogP contribution is 2.30.